The first kappa shape index (κ1) is 21.2. The molecule has 0 spiro atoms. The molecule has 5 heteroatoms. The average molecular weight is 393 g/mol. The van der Waals surface area contributed by atoms with Gasteiger partial charge in [0.15, 0.2) is 11.4 Å². The van der Waals surface area contributed by atoms with Gasteiger partial charge in [0.2, 0.25) is 0 Å². The van der Waals surface area contributed by atoms with Gasteiger partial charge in [-0.25, -0.2) is 9.67 Å². The first-order chi connectivity index (χ1) is 13.9. The first-order valence-electron chi connectivity index (χ1n) is 10.6. The maximum Gasteiger partial charge on any atom is 0.163 e. The van der Waals surface area contributed by atoms with Gasteiger partial charge >= 0.3 is 0 Å². The molecule has 0 atom stereocenters. The van der Waals surface area contributed by atoms with Crippen LogP contribution in [0.4, 0.5) is 0 Å². The van der Waals surface area contributed by atoms with Gasteiger partial charge in [0.1, 0.15) is 0 Å². The average Bonchev–Trinajstić information content (AvgIpc) is 3.15. The quantitative estimate of drug-likeness (QED) is 0.451. The molecule has 2 aromatic heterocycles. The van der Waals surface area contributed by atoms with Crippen LogP contribution in [0.5, 0.6) is 0 Å². The van der Waals surface area contributed by atoms with E-state index in [0.29, 0.717) is 12.0 Å². The number of fused-ring (bicyclic) bond motifs is 1. The summed E-state index contributed by atoms with van der Waals surface area (Å²) in [7, 11) is 2.16. The van der Waals surface area contributed by atoms with E-state index < -0.39 is 0 Å². The Morgan fingerprint density at radius 3 is 2.69 bits per heavy atom. The van der Waals surface area contributed by atoms with Gasteiger partial charge in [0, 0.05) is 35.5 Å². The molecule has 0 saturated heterocycles. The van der Waals surface area contributed by atoms with E-state index in [4.69, 9.17) is 4.98 Å². The van der Waals surface area contributed by atoms with Crippen LogP contribution in [0.15, 0.2) is 36.5 Å². The largest absolute Gasteiger partial charge is 0.302 e. The third-order valence-electron chi connectivity index (χ3n) is 5.25. The highest BCUT2D eigenvalue weighted by Gasteiger charge is 2.17. The monoisotopic (exact) mass is 392 g/mol. The molecule has 0 aliphatic carbocycles. The summed E-state index contributed by atoms with van der Waals surface area (Å²) >= 11 is 0. The fourth-order valence-corrected chi connectivity index (χ4v) is 3.61. The molecule has 0 radical (unpaired) electrons. The van der Waals surface area contributed by atoms with Crippen LogP contribution in [-0.4, -0.2) is 39.0 Å². The highest BCUT2D eigenvalue weighted by atomic mass is 16.1. The Labute approximate surface area is 173 Å². The molecule has 0 bridgehead atoms. The van der Waals surface area contributed by atoms with Gasteiger partial charge in [-0.05, 0) is 51.6 Å². The van der Waals surface area contributed by atoms with Gasteiger partial charge in [-0.2, -0.15) is 5.10 Å². The zero-order valence-corrected chi connectivity index (χ0v) is 18.3. The molecule has 3 aromatic rings. The minimum Gasteiger partial charge on any atom is -0.302 e. The van der Waals surface area contributed by atoms with Crippen LogP contribution >= 0.6 is 0 Å². The molecule has 0 saturated carbocycles. The number of rotatable bonds is 9. The third-order valence-corrected chi connectivity index (χ3v) is 5.25. The summed E-state index contributed by atoms with van der Waals surface area (Å²) in [5, 5.41) is 5.33. The van der Waals surface area contributed by atoms with E-state index in [1.165, 1.54) is 18.4 Å². The van der Waals surface area contributed by atoms with Gasteiger partial charge < -0.3 is 4.90 Å². The number of pyridine rings is 1. The number of ketones is 1. The van der Waals surface area contributed by atoms with Gasteiger partial charge in [0.25, 0.3) is 0 Å². The predicted molar refractivity (Wildman–Crippen MR) is 119 cm³/mol. The SMILES string of the molecule is CCCCN(C)Cc1cccc(-c2cc(C(=O)CC)c3cnn(C(C)C)c3n2)c1. The van der Waals surface area contributed by atoms with Crippen molar-refractivity contribution in [2.45, 2.75) is 59.5 Å². The Morgan fingerprint density at radius 2 is 2.00 bits per heavy atom. The van der Waals surface area contributed by atoms with Crippen molar-refractivity contribution in [3.63, 3.8) is 0 Å². The van der Waals surface area contributed by atoms with Gasteiger partial charge in [-0.1, -0.05) is 38.5 Å². The van der Waals surface area contributed by atoms with E-state index in [1.54, 1.807) is 6.20 Å². The summed E-state index contributed by atoms with van der Waals surface area (Å²) in [6, 6.07) is 10.6. The van der Waals surface area contributed by atoms with E-state index >= 15 is 0 Å². The number of carbonyl (C=O) groups is 1. The lowest BCUT2D eigenvalue weighted by molar-refractivity contribution is 0.0989. The molecule has 154 valence electrons. The number of unbranched alkanes of at least 4 members (excludes halogenated alkanes) is 1. The van der Waals surface area contributed by atoms with E-state index in [2.05, 4.69) is 62.1 Å². The molecular weight excluding hydrogens is 360 g/mol. The second-order valence-corrected chi connectivity index (χ2v) is 8.04. The predicted octanol–water partition coefficient (Wildman–Crippen LogP) is 5.50. The molecule has 0 amide bonds. The van der Waals surface area contributed by atoms with Crippen molar-refractivity contribution in [2.75, 3.05) is 13.6 Å². The molecule has 0 unspecified atom stereocenters. The number of nitrogens with zero attached hydrogens (tertiary/aromatic N) is 4. The van der Waals surface area contributed by atoms with Crippen LogP contribution in [0, 0.1) is 0 Å². The minimum absolute atomic E-state index is 0.123. The summed E-state index contributed by atoms with van der Waals surface area (Å²) in [5.74, 6) is 0.123. The Bertz CT molecular complexity index is 990. The summed E-state index contributed by atoms with van der Waals surface area (Å²) in [5.41, 5.74) is 4.61. The van der Waals surface area contributed by atoms with E-state index in [-0.39, 0.29) is 11.8 Å². The van der Waals surface area contributed by atoms with Gasteiger partial charge in [0.05, 0.1) is 11.9 Å². The number of hydrogen-bond acceptors (Lipinski definition) is 4. The third kappa shape index (κ3) is 4.73. The van der Waals surface area contributed by atoms with Crippen LogP contribution in [0.3, 0.4) is 0 Å². The Balaban J connectivity index is 2.04. The maximum atomic E-state index is 12.6. The number of aromatic nitrogens is 3. The number of hydrogen-bond donors (Lipinski definition) is 0. The van der Waals surface area contributed by atoms with E-state index in [1.807, 2.05) is 17.7 Å². The molecule has 29 heavy (non-hydrogen) atoms. The molecule has 3 rings (SSSR count). The lowest BCUT2D eigenvalue weighted by atomic mass is 10.0. The zero-order valence-electron chi connectivity index (χ0n) is 18.3. The molecule has 2 heterocycles. The van der Waals surface area contributed by atoms with E-state index in [0.717, 1.165) is 35.4 Å². The van der Waals surface area contributed by atoms with Gasteiger partial charge in [-0.3, -0.25) is 4.79 Å². The highest BCUT2D eigenvalue weighted by molar-refractivity contribution is 6.07. The summed E-state index contributed by atoms with van der Waals surface area (Å²) < 4.78 is 1.90. The topological polar surface area (TPSA) is 51.0 Å². The van der Waals surface area contributed by atoms with Crippen LogP contribution in [-0.2, 0) is 6.54 Å². The normalized spacial score (nSPS) is 11.7. The molecule has 0 aliphatic heterocycles. The Kier molecular flexibility index (Phi) is 6.80. The highest BCUT2D eigenvalue weighted by Crippen LogP contribution is 2.28. The van der Waals surface area contributed by atoms with Crippen LogP contribution in [0.2, 0.25) is 0 Å². The van der Waals surface area contributed by atoms with Crippen molar-refractivity contribution in [2.24, 2.45) is 0 Å². The van der Waals surface area contributed by atoms with Crippen molar-refractivity contribution < 1.29 is 4.79 Å². The fourth-order valence-electron chi connectivity index (χ4n) is 3.61. The second kappa shape index (κ2) is 9.31. The number of carbonyl (C=O) groups excluding carboxylic acids is 1. The lowest BCUT2D eigenvalue weighted by Gasteiger charge is -2.17. The summed E-state index contributed by atoms with van der Waals surface area (Å²) in [6.07, 6.45) is 4.64. The minimum atomic E-state index is 0.123. The molecule has 1 aromatic carbocycles. The summed E-state index contributed by atoms with van der Waals surface area (Å²) in [6.45, 7) is 10.3. The zero-order chi connectivity index (χ0) is 21.0. The fraction of sp³-hybridized carbons (Fsp3) is 0.458. The maximum absolute atomic E-state index is 12.6. The molecule has 0 N–H and O–H groups in total. The van der Waals surface area contributed by atoms with Gasteiger partial charge in [-0.15, -0.1) is 0 Å². The van der Waals surface area contributed by atoms with Crippen LogP contribution in [0.25, 0.3) is 22.3 Å². The Morgan fingerprint density at radius 1 is 1.21 bits per heavy atom. The number of benzene rings is 1. The first-order valence-corrected chi connectivity index (χ1v) is 10.6. The standard InChI is InChI=1S/C24H32N4O/c1-6-8-12-27(5)16-18-10-9-11-19(13-18)22-14-20(23(29)7-2)21-15-25-28(17(3)4)24(21)26-22/h9-11,13-15,17H,6-8,12,16H2,1-5H3. The molecular formula is C24H32N4O. The summed E-state index contributed by atoms with van der Waals surface area (Å²) in [4.78, 5) is 19.9. The van der Waals surface area contributed by atoms with Crippen molar-refractivity contribution in [1.29, 1.82) is 0 Å². The molecule has 5 nitrogen and oxygen atoms in total. The van der Waals surface area contributed by atoms with Crippen LogP contribution < -0.4 is 0 Å². The van der Waals surface area contributed by atoms with Crippen LogP contribution in [0.1, 0.15) is 68.9 Å². The van der Waals surface area contributed by atoms with Crippen molar-refractivity contribution in [3.8, 4) is 11.3 Å². The molecule has 0 aliphatic rings. The Hall–Kier alpha value is -2.53. The lowest BCUT2D eigenvalue weighted by Crippen LogP contribution is -2.18. The van der Waals surface area contributed by atoms with Crippen molar-refractivity contribution in [3.05, 3.63) is 47.7 Å². The second-order valence-electron chi connectivity index (χ2n) is 8.04. The van der Waals surface area contributed by atoms with Crippen molar-refractivity contribution >= 4 is 16.8 Å². The van der Waals surface area contributed by atoms with Crippen molar-refractivity contribution in [1.82, 2.24) is 19.7 Å². The smallest absolute Gasteiger partial charge is 0.163 e. The van der Waals surface area contributed by atoms with E-state index in [9.17, 15) is 4.79 Å². The molecule has 0 fully saturated rings. The number of Topliss-reactive ketones (excluding diaryl/α,β-unsaturated/α-hetero) is 1.